The van der Waals surface area contributed by atoms with Gasteiger partial charge in [0, 0.05) is 19.5 Å². The van der Waals surface area contributed by atoms with Crippen molar-refractivity contribution in [3.63, 3.8) is 0 Å². The van der Waals surface area contributed by atoms with Crippen molar-refractivity contribution in [1.29, 1.82) is 0 Å². The number of aliphatic hydroxyl groups is 1. The van der Waals surface area contributed by atoms with Gasteiger partial charge in [0.15, 0.2) is 0 Å². The van der Waals surface area contributed by atoms with Crippen LogP contribution in [0.15, 0.2) is 30.3 Å². The smallest absolute Gasteiger partial charge is 0.226 e. The Morgan fingerprint density at radius 3 is 2.71 bits per heavy atom. The maximum atomic E-state index is 12.0. The second-order valence-corrected chi connectivity index (χ2v) is 4.93. The number of carbonyl (C=O) groups excluding carboxylic acids is 1. The fourth-order valence-electron chi connectivity index (χ4n) is 2.31. The van der Waals surface area contributed by atoms with E-state index in [-0.39, 0.29) is 11.8 Å². The van der Waals surface area contributed by atoms with Crippen LogP contribution in [-0.4, -0.2) is 35.6 Å². The fraction of sp³-hybridized carbons (Fsp3) is 0.500. The van der Waals surface area contributed by atoms with Gasteiger partial charge in [0.05, 0.1) is 6.10 Å². The average molecular weight is 233 g/mol. The lowest BCUT2D eigenvalue weighted by atomic mass is 10.1. The van der Waals surface area contributed by atoms with Crippen molar-refractivity contribution in [1.82, 2.24) is 4.90 Å². The Kier molecular flexibility index (Phi) is 3.48. The number of hydrogen-bond donors (Lipinski definition) is 1. The van der Waals surface area contributed by atoms with Crippen LogP contribution in [0, 0.1) is 5.92 Å². The highest BCUT2D eigenvalue weighted by molar-refractivity contribution is 5.82. The second kappa shape index (κ2) is 4.88. The van der Waals surface area contributed by atoms with E-state index in [2.05, 4.69) is 12.1 Å². The van der Waals surface area contributed by atoms with Crippen LogP contribution in [-0.2, 0) is 4.79 Å². The van der Waals surface area contributed by atoms with E-state index in [9.17, 15) is 9.90 Å². The van der Waals surface area contributed by atoms with Gasteiger partial charge in [0.2, 0.25) is 5.91 Å². The zero-order chi connectivity index (χ0) is 12.4. The lowest BCUT2D eigenvalue weighted by molar-refractivity contribution is -0.132. The molecule has 0 heterocycles. The molecule has 1 aliphatic carbocycles. The van der Waals surface area contributed by atoms with Crippen LogP contribution in [0.2, 0.25) is 0 Å². The standard InChI is InChI=1S/C14H19NO2/c1-10(16)9-15(2)14(17)13-8-12(13)11-6-4-3-5-7-11/h3-7,10,12-13,16H,8-9H2,1-2H3. The number of aliphatic hydroxyl groups excluding tert-OH is 1. The third-order valence-corrected chi connectivity index (χ3v) is 3.25. The zero-order valence-corrected chi connectivity index (χ0v) is 10.3. The normalized spacial score (nSPS) is 24.2. The lowest BCUT2D eigenvalue weighted by Crippen LogP contribution is -2.34. The molecule has 1 N–H and O–H groups in total. The minimum atomic E-state index is -0.460. The van der Waals surface area contributed by atoms with Crippen molar-refractivity contribution >= 4 is 5.91 Å². The molecule has 1 fully saturated rings. The molecule has 3 nitrogen and oxygen atoms in total. The minimum absolute atomic E-state index is 0.112. The maximum Gasteiger partial charge on any atom is 0.226 e. The summed E-state index contributed by atoms with van der Waals surface area (Å²) in [5.41, 5.74) is 1.25. The highest BCUT2D eigenvalue weighted by Gasteiger charge is 2.45. The summed E-state index contributed by atoms with van der Waals surface area (Å²) in [5, 5.41) is 9.26. The Morgan fingerprint density at radius 2 is 2.12 bits per heavy atom. The number of nitrogens with zero attached hydrogens (tertiary/aromatic N) is 1. The van der Waals surface area contributed by atoms with Crippen LogP contribution in [0.5, 0.6) is 0 Å². The quantitative estimate of drug-likeness (QED) is 0.858. The van der Waals surface area contributed by atoms with Gasteiger partial charge >= 0.3 is 0 Å². The molecule has 0 saturated heterocycles. The zero-order valence-electron chi connectivity index (χ0n) is 10.3. The molecule has 1 saturated carbocycles. The Hall–Kier alpha value is -1.35. The molecule has 0 aliphatic heterocycles. The van der Waals surface area contributed by atoms with Crippen molar-refractivity contribution < 1.29 is 9.90 Å². The molecule has 1 aromatic rings. The predicted octanol–water partition coefficient (Wildman–Crippen LogP) is 1.63. The molecule has 3 unspecified atom stereocenters. The summed E-state index contributed by atoms with van der Waals surface area (Å²) in [6, 6.07) is 10.2. The fourth-order valence-corrected chi connectivity index (χ4v) is 2.31. The molecule has 2 rings (SSSR count). The number of rotatable bonds is 4. The second-order valence-electron chi connectivity index (χ2n) is 4.93. The molecule has 17 heavy (non-hydrogen) atoms. The van der Waals surface area contributed by atoms with E-state index in [4.69, 9.17) is 0 Å². The summed E-state index contributed by atoms with van der Waals surface area (Å²) in [4.78, 5) is 13.7. The van der Waals surface area contributed by atoms with Crippen molar-refractivity contribution in [2.75, 3.05) is 13.6 Å². The topological polar surface area (TPSA) is 40.5 Å². The van der Waals surface area contributed by atoms with Crippen molar-refractivity contribution in [3.05, 3.63) is 35.9 Å². The van der Waals surface area contributed by atoms with E-state index in [1.807, 2.05) is 18.2 Å². The van der Waals surface area contributed by atoms with Gasteiger partial charge in [-0.2, -0.15) is 0 Å². The third-order valence-electron chi connectivity index (χ3n) is 3.25. The van der Waals surface area contributed by atoms with Crippen LogP contribution in [0.25, 0.3) is 0 Å². The highest BCUT2D eigenvalue weighted by Crippen LogP contribution is 2.48. The van der Waals surface area contributed by atoms with Gasteiger partial charge < -0.3 is 10.0 Å². The number of likely N-dealkylation sites (N-methyl/N-ethyl adjacent to an activating group) is 1. The first-order valence-corrected chi connectivity index (χ1v) is 6.07. The number of amides is 1. The maximum absolute atomic E-state index is 12.0. The molecule has 1 aliphatic rings. The predicted molar refractivity (Wildman–Crippen MR) is 66.6 cm³/mol. The number of hydrogen-bond acceptors (Lipinski definition) is 2. The Morgan fingerprint density at radius 1 is 1.47 bits per heavy atom. The molecule has 1 aromatic carbocycles. The van der Waals surface area contributed by atoms with Crippen molar-refractivity contribution in [3.8, 4) is 0 Å². The summed E-state index contributed by atoms with van der Waals surface area (Å²) in [5.74, 6) is 0.640. The summed E-state index contributed by atoms with van der Waals surface area (Å²) in [7, 11) is 1.76. The van der Waals surface area contributed by atoms with Gasteiger partial charge in [-0.05, 0) is 24.8 Å². The molecule has 92 valence electrons. The van der Waals surface area contributed by atoms with Crippen LogP contribution in [0.4, 0.5) is 0 Å². The van der Waals surface area contributed by atoms with Crippen molar-refractivity contribution in [2.24, 2.45) is 5.92 Å². The molecule has 3 atom stereocenters. The van der Waals surface area contributed by atoms with Gasteiger partial charge in [-0.1, -0.05) is 30.3 Å². The molecule has 0 radical (unpaired) electrons. The lowest BCUT2D eigenvalue weighted by Gasteiger charge is -2.18. The first kappa shape index (κ1) is 12.1. The SMILES string of the molecule is CC(O)CN(C)C(=O)C1CC1c1ccccc1. The van der Waals surface area contributed by atoms with Crippen LogP contribution in [0.3, 0.4) is 0 Å². The van der Waals surface area contributed by atoms with Crippen LogP contribution >= 0.6 is 0 Å². The summed E-state index contributed by atoms with van der Waals surface area (Å²) >= 11 is 0. The average Bonchev–Trinajstić information content (AvgIpc) is 3.08. The largest absolute Gasteiger partial charge is 0.392 e. The van der Waals surface area contributed by atoms with Gasteiger partial charge in [0.1, 0.15) is 0 Å². The third kappa shape index (κ3) is 2.86. The van der Waals surface area contributed by atoms with E-state index in [0.29, 0.717) is 12.5 Å². The van der Waals surface area contributed by atoms with Gasteiger partial charge in [-0.15, -0.1) is 0 Å². The number of carbonyl (C=O) groups is 1. The molecular weight excluding hydrogens is 214 g/mol. The molecule has 3 heteroatoms. The first-order valence-electron chi connectivity index (χ1n) is 6.07. The molecule has 0 bridgehead atoms. The van der Waals surface area contributed by atoms with E-state index >= 15 is 0 Å². The minimum Gasteiger partial charge on any atom is -0.392 e. The summed E-state index contributed by atoms with van der Waals surface area (Å²) in [6.07, 6.45) is 0.477. The van der Waals surface area contributed by atoms with Gasteiger partial charge in [0.25, 0.3) is 0 Å². The number of benzene rings is 1. The Bertz CT molecular complexity index is 388. The first-order chi connectivity index (χ1) is 8.09. The summed E-state index contributed by atoms with van der Waals surface area (Å²) in [6.45, 7) is 2.11. The van der Waals surface area contributed by atoms with E-state index < -0.39 is 6.10 Å². The Balaban J connectivity index is 1.92. The molecule has 0 aromatic heterocycles. The van der Waals surface area contributed by atoms with Crippen LogP contribution < -0.4 is 0 Å². The van der Waals surface area contributed by atoms with Gasteiger partial charge in [-0.25, -0.2) is 0 Å². The van der Waals surface area contributed by atoms with Crippen LogP contribution in [0.1, 0.15) is 24.8 Å². The van der Waals surface area contributed by atoms with E-state index in [0.717, 1.165) is 6.42 Å². The molecular formula is C14H19NO2. The highest BCUT2D eigenvalue weighted by atomic mass is 16.3. The molecule has 1 amide bonds. The van der Waals surface area contributed by atoms with Crippen molar-refractivity contribution in [2.45, 2.75) is 25.4 Å². The summed E-state index contributed by atoms with van der Waals surface area (Å²) < 4.78 is 0. The monoisotopic (exact) mass is 233 g/mol. The molecule has 0 spiro atoms. The van der Waals surface area contributed by atoms with Gasteiger partial charge in [-0.3, -0.25) is 4.79 Å². The van der Waals surface area contributed by atoms with E-state index in [1.165, 1.54) is 5.56 Å². The van der Waals surface area contributed by atoms with E-state index in [1.54, 1.807) is 18.9 Å². The Labute approximate surface area is 102 Å².